The zero-order valence-electron chi connectivity index (χ0n) is 13.5. The minimum atomic E-state index is -4.04. The maximum absolute atomic E-state index is 12.7. The minimum absolute atomic E-state index is 0.0589. The molecule has 1 heterocycles. The average Bonchev–Trinajstić information content (AvgIpc) is 2.60. The molecule has 0 aliphatic carbocycles. The van der Waals surface area contributed by atoms with E-state index < -0.39 is 16.0 Å². The number of nitrogens with one attached hydrogen (secondary N) is 1. The Morgan fingerprint density at radius 3 is 2.42 bits per heavy atom. The van der Waals surface area contributed by atoms with E-state index in [1.54, 1.807) is 0 Å². The number of anilines is 1. The Bertz CT molecular complexity index is 975. The number of methoxy groups -OCH3 is 1. The van der Waals surface area contributed by atoms with Crippen LogP contribution in [0.5, 0.6) is 17.2 Å². The van der Waals surface area contributed by atoms with Gasteiger partial charge in [0, 0.05) is 12.1 Å². The lowest BCUT2D eigenvalue weighted by atomic mass is 10.1. The Morgan fingerprint density at radius 1 is 1.19 bits per heavy atom. The molecule has 0 unspecified atom stereocenters. The standard InChI is InChI=1S/C16H14BrNO7S/c1-23-13-3-2-9(6-11(13)17)26(21,22)18-12-8-15-14(24-4-5-25-15)7-10(12)16(19)20/h2-3,6-8,18H,4-5H2,1H3,(H,19,20). The molecule has 0 aromatic heterocycles. The molecule has 0 spiro atoms. The lowest BCUT2D eigenvalue weighted by Gasteiger charge is -2.20. The monoisotopic (exact) mass is 443 g/mol. The van der Waals surface area contributed by atoms with Crippen molar-refractivity contribution >= 4 is 37.6 Å². The number of hydrogen-bond donors (Lipinski definition) is 2. The summed E-state index contributed by atoms with van der Waals surface area (Å²) in [4.78, 5) is 11.5. The van der Waals surface area contributed by atoms with Crippen molar-refractivity contribution < 1.29 is 32.5 Å². The summed E-state index contributed by atoms with van der Waals surface area (Å²) >= 11 is 3.22. The van der Waals surface area contributed by atoms with E-state index in [-0.39, 0.29) is 40.9 Å². The average molecular weight is 444 g/mol. The Hall–Kier alpha value is -2.46. The van der Waals surface area contributed by atoms with Crippen molar-refractivity contribution in [2.45, 2.75) is 4.90 Å². The number of benzene rings is 2. The predicted octanol–water partition coefficient (Wildman–Crippen LogP) is 2.73. The molecule has 3 rings (SSSR count). The van der Waals surface area contributed by atoms with E-state index in [9.17, 15) is 18.3 Å². The molecule has 2 N–H and O–H groups in total. The van der Waals surface area contributed by atoms with Crippen molar-refractivity contribution in [3.8, 4) is 17.2 Å². The summed E-state index contributed by atoms with van der Waals surface area (Å²) in [7, 11) is -2.58. The fourth-order valence-corrected chi connectivity index (χ4v) is 4.16. The van der Waals surface area contributed by atoms with E-state index in [0.29, 0.717) is 10.2 Å². The number of sulfonamides is 1. The van der Waals surface area contributed by atoms with Gasteiger partial charge in [-0.25, -0.2) is 13.2 Å². The van der Waals surface area contributed by atoms with Crippen molar-refractivity contribution in [1.82, 2.24) is 0 Å². The lowest BCUT2D eigenvalue weighted by Crippen LogP contribution is -2.19. The maximum Gasteiger partial charge on any atom is 0.337 e. The second-order valence-corrected chi connectivity index (χ2v) is 7.79. The fourth-order valence-electron chi connectivity index (χ4n) is 2.37. The number of aromatic carboxylic acids is 1. The second-order valence-electron chi connectivity index (χ2n) is 5.25. The molecule has 0 saturated heterocycles. The van der Waals surface area contributed by atoms with E-state index in [0.717, 1.165) is 0 Å². The van der Waals surface area contributed by atoms with Gasteiger partial charge in [0.25, 0.3) is 10.0 Å². The minimum Gasteiger partial charge on any atom is -0.496 e. The molecule has 0 amide bonds. The number of carbonyl (C=O) groups is 1. The van der Waals surface area contributed by atoms with Gasteiger partial charge in [0.2, 0.25) is 0 Å². The topological polar surface area (TPSA) is 111 Å². The molecule has 138 valence electrons. The summed E-state index contributed by atoms with van der Waals surface area (Å²) in [6.07, 6.45) is 0. The van der Waals surface area contributed by atoms with Crippen LogP contribution in [0.4, 0.5) is 5.69 Å². The molecule has 0 atom stereocenters. The van der Waals surface area contributed by atoms with E-state index in [2.05, 4.69) is 20.7 Å². The second kappa shape index (κ2) is 7.04. The SMILES string of the molecule is COc1ccc(S(=O)(=O)Nc2cc3c(cc2C(=O)O)OCCO3)cc1Br. The third-order valence-electron chi connectivity index (χ3n) is 3.59. The van der Waals surface area contributed by atoms with E-state index in [1.807, 2.05) is 0 Å². The number of hydrogen-bond acceptors (Lipinski definition) is 6. The molecule has 2 aromatic rings. The number of carboxylic acid groups (broad SMARTS) is 1. The highest BCUT2D eigenvalue weighted by Crippen LogP contribution is 2.37. The molecule has 0 fully saturated rings. The van der Waals surface area contributed by atoms with Gasteiger partial charge in [-0.3, -0.25) is 4.72 Å². The Balaban J connectivity index is 2.01. The number of fused-ring (bicyclic) bond motifs is 1. The smallest absolute Gasteiger partial charge is 0.337 e. The van der Waals surface area contributed by atoms with Crippen LogP contribution in [-0.4, -0.2) is 39.8 Å². The van der Waals surface area contributed by atoms with Crippen LogP contribution >= 0.6 is 15.9 Å². The van der Waals surface area contributed by atoms with Gasteiger partial charge in [0.05, 0.1) is 27.7 Å². The Labute approximate surface area is 157 Å². The van der Waals surface area contributed by atoms with Crippen molar-refractivity contribution in [3.05, 3.63) is 40.4 Å². The molecule has 26 heavy (non-hydrogen) atoms. The van der Waals surface area contributed by atoms with Gasteiger partial charge >= 0.3 is 5.97 Å². The maximum atomic E-state index is 12.7. The highest BCUT2D eigenvalue weighted by molar-refractivity contribution is 9.10. The van der Waals surface area contributed by atoms with Crippen LogP contribution in [0.3, 0.4) is 0 Å². The summed E-state index contributed by atoms with van der Waals surface area (Å²) in [5, 5.41) is 9.39. The Kier molecular flexibility index (Phi) is 4.97. The zero-order valence-corrected chi connectivity index (χ0v) is 15.9. The summed E-state index contributed by atoms with van der Waals surface area (Å²) in [5.41, 5.74) is -0.362. The van der Waals surface area contributed by atoms with Gasteiger partial charge in [-0.05, 0) is 34.1 Å². The summed E-state index contributed by atoms with van der Waals surface area (Å²) in [5.74, 6) is -0.302. The van der Waals surface area contributed by atoms with E-state index >= 15 is 0 Å². The molecule has 0 radical (unpaired) electrons. The van der Waals surface area contributed by atoms with Crippen LogP contribution in [0.15, 0.2) is 39.7 Å². The third-order valence-corrected chi connectivity index (χ3v) is 5.57. The van der Waals surface area contributed by atoms with Gasteiger partial charge in [-0.1, -0.05) is 0 Å². The largest absolute Gasteiger partial charge is 0.496 e. The van der Waals surface area contributed by atoms with Crippen molar-refractivity contribution in [2.24, 2.45) is 0 Å². The number of carboxylic acids is 1. The highest BCUT2D eigenvalue weighted by Gasteiger charge is 2.24. The molecule has 8 nitrogen and oxygen atoms in total. The first-order valence-electron chi connectivity index (χ1n) is 7.35. The first-order valence-corrected chi connectivity index (χ1v) is 9.63. The highest BCUT2D eigenvalue weighted by atomic mass is 79.9. The van der Waals surface area contributed by atoms with Crippen LogP contribution in [0.25, 0.3) is 0 Å². The van der Waals surface area contributed by atoms with Gasteiger partial charge in [0.1, 0.15) is 19.0 Å². The number of ether oxygens (including phenoxy) is 3. The molecule has 0 saturated carbocycles. The van der Waals surface area contributed by atoms with Crippen LogP contribution in [0, 0.1) is 0 Å². The van der Waals surface area contributed by atoms with Crippen molar-refractivity contribution in [1.29, 1.82) is 0 Å². The molecular weight excluding hydrogens is 430 g/mol. The van der Waals surface area contributed by atoms with Crippen molar-refractivity contribution in [3.63, 3.8) is 0 Å². The predicted molar refractivity (Wildman–Crippen MR) is 95.9 cm³/mol. The number of rotatable bonds is 5. The molecule has 1 aliphatic rings. The van der Waals surface area contributed by atoms with Crippen LogP contribution in [-0.2, 0) is 10.0 Å². The van der Waals surface area contributed by atoms with Crippen LogP contribution in [0.1, 0.15) is 10.4 Å². The third kappa shape index (κ3) is 3.56. The summed E-state index contributed by atoms with van der Waals surface area (Å²) in [6.45, 7) is 0.577. The molecule has 2 aromatic carbocycles. The summed E-state index contributed by atoms with van der Waals surface area (Å²) < 4.78 is 43.9. The summed E-state index contributed by atoms with van der Waals surface area (Å²) in [6, 6.07) is 6.73. The molecular formula is C16H14BrNO7S. The normalized spacial score (nSPS) is 13.2. The first kappa shape index (κ1) is 18.3. The molecule has 10 heteroatoms. The zero-order chi connectivity index (χ0) is 18.9. The number of halogens is 1. The first-order chi connectivity index (χ1) is 12.3. The van der Waals surface area contributed by atoms with Crippen LogP contribution < -0.4 is 18.9 Å². The van der Waals surface area contributed by atoms with E-state index in [1.165, 1.54) is 37.4 Å². The van der Waals surface area contributed by atoms with Gasteiger partial charge in [-0.15, -0.1) is 0 Å². The van der Waals surface area contributed by atoms with E-state index in [4.69, 9.17) is 14.2 Å². The lowest BCUT2D eigenvalue weighted by molar-refractivity contribution is 0.0697. The quantitative estimate of drug-likeness (QED) is 0.730. The van der Waals surface area contributed by atoms with Gasteiger partial charge in [-0.2, -0.15) is 0 Å². The fraction of sp³-hybridized carbons (Fsp3) is 0.188. The van der Waals surface area contributed by atoms with Gasteiger partial charge < -0.3 is 19.3 Å². The van der Waals surface area contributed by atoms with Crippen LogP contribution in [0.2, 0.25) is 0 Å². The molecule has 0 bridgehead atoms. The Morgan fingerprint density at radius 2 is 1.85 bits per heavy atom. The van der Waals surface area contributed by atoms with Crippen molar-refractivity contribution in [2.75, 3.05) is 25.0 Å². The van der Waals surface area contributed by atoms with Gasteiger partial charge in [0.15, 0.2) is 11.5 Å². The molecule has 1 aliphatic heterocycles.